The van der Waals surface area contributed by atoms with E-state index < -0.39 is 0 Å². The highest BCUT2D eigenvalue weighted by Gasteiger charge is 2.20. The van der Waals surface area contributed by atoms with E-state index in [0.29, 0.717) is 17.1 Å². The molecule has 1 fully saturated rings. The first-order valence-corrected chi connectivity index (χ1v) is 7.14. The van der Waals surface area contributed by atoms with E-state index in [1.165, 1.54) is 12.1 Å². The summed E-state index contributed by atoms with van der Waals surface area (Å²) in [4.78, 5) is 14.8. The number of halogens is 1. The number of rotatable bonds is 1. The first kappa shape index (κ1) is 12.5. The fourth-order valence-corrected chi connectivity index (χ4v) is 3.12. The molecule has 6 heteroatoms. The van der Waals surface area contributed by atoms with Crippen LogP contribution in [0.25, 0.3) is 16.6 Å². The first-order valence-electron chi connectivity index (χ1n) is 7.14. The minimum atomic E-state index is -0.323. The lowest BCUT2D eigenvalue weighted by molar-refractivity contribution is 0.446. The normalized spacial score (nSPS) is 16.8. The number of hydrogen-bond acceptors (Lipinski definition) is 3. The van der Waals surface area contributed by atoms with Crippen LogP contribution in [0.2, 0.25) is 0 Å². The second-order valence-electron chi connectivity index (χ2n) is 5.50. The fraction of sp³-hybridized carbons (Fsp3) is 0.333. The van der Waals surface area contributed by atoms with Gasteiger partial charge in [0.2, 0.25) is 0 Å². The van der Waals surface area contributed by atoms with Gasteiger partial charge in [0.15, 0.2) is 0 Å². The molecule has 0 amide bonds. The van der Waals surface area contributed by atoms with Crippen molar-refractivity contribution in [3.05, 3.63) is 46.1 Å². The molecule has 1 aliphatic heterocycles. The molecule has 2 aromatic heterocycles. The highest BCUT2D eigenvalue weighted by Crippen LogP contribution is 2.26. The van der Waals surface area contributed by atoms with Crippen molar-refractivity contribution in [3.63, 3.8) is 0 Å². The van der Waals surface area contributed by atoms with Gasteiger partial charge in [0.25, 0.3) is 5.56 Å². The van der Waals surface area contributed by atoms with Crippen LogP contribution < -0.4 is 10.9 Å². The smallest absolute Gasteiger partial charge is 0.251 e. The van der Waals surface area contributed by atoms with Crippen molar-refractivity contribution in [2.45, 2.75) is 18.8 Å². The Hall–Kier alpha value is -2.21. The van der Waals surface area contributed by atoms with Crippen LogP contribution in [0.3, 0.4) is 0 Å². The number of fused-ring (bicyclic) bond motifs is 3. The minimum absolute atomic E-state index is 0.137. The lowest BCUT2D eigenvalue weighted by atomic mass is 9.94. The number of nitrogens with one attached hydrogen (secondary N) is 2. The standard InChI is InChI=1S/C15H15FN4O/c16-10-1-2-11-12(7-10)19-20-13(8-14(21)18-15(11)20)9-3-5-17-6-4-9/h1-2,7-9,17H,3-6H2,(H,18,21). The topological polar surface area (TPSA) is 62.2 Å². The number of hydrogen-bond donors (Lipinski definition) is 2. The number of piperidine rings is 1. The Morgan fingerprint density at radius 3 is 2.86 bits per heavy atom. The van der Waals surface area contributed by atoms with E-state index in [9.17, 15) is 9.18 Å². The molecule has 3 aromatic rings. The average Bonchev–Trinajstić information content (AvgIpc) is 2.84. The molecular weight excluding hydrogens is 271 g/mol. The fourth-order valence-electron chi connectivity index (χ4n) is 3.12. The van der Waals surface area contributed by atoms with E-state index in [4.69, 9.17) is 0 Å². The van der Waals surface area contributed by atoms with Gasteiger partial charge in [0.05, 0.1) is 11.2 Å². The van der Waals surface area contributed by atoms with Gasteiger partial charge < -0.3 is 10.3 Å². The molecular formula is C15H15FN4O. The van der Waals surface area contributed by atoms with Crippen molar-refractivity contribution in [1.29, 1.82) is 0 Å². The molecule has 4 rings (SSSR count). The molecule has 2 N–H and O–H groups in total. The van der Waals surface area contributed by atoms with E-state index in [2.05, 4.69) is 15.4 Å². The summed E-state index contributed by atoms with van der Waals surface area (Å²) < 4.78 is 15.1. The van der Waals surface area contributed by atoms with Gasteiger partial charge in [0, 0.05) is 23.4 Å². The van der Waals surface area contributed by atoms with Crippen LogP contribution in [-0.2, 0) is 0 Å². The van der Waals surface area contributed by atoms with Crippen molar-refractivity contribution < 1.29 is 4.39 Å². The van der Waals surface area contributed by atoms with E-state index >= 15 is 0 Å². The van der Waals surface area contributed by atoms with Crippen molar-refractivity contribution in [1.82, 2.24) is 19.9 Å². The van der Waals surface area contributed by atoms with Crippen molar-refractivity contribution >= 4 is 16.6 Å². The Morgan fingerprint density at radius 1 is 1.24 bits per heavy atom. The van der Waals surface area contributed by atoms with Crippen LogP contribution in [0.5, 0.6) is 0 Å². The quantitative estimate of drug-likeness (QED) is 0.717. The third-order valence-corrected chi connectivity index (χ3v) is 4.16. The Morgan fingerprint density at radius 2 is 2.05 bits per heavy atom. The molecule has 5 nitrogen and oxygen atoms in total. The van der Waals surface area contributed by atoms with Gasteiger partial charge in [-0.2, -0.15) is 5.10 Å². The molecule has 108 valence electrons. The molecule has 1 aromatic carbocycles. The third-order valence-electron chi connectivity index (χ3n) is 4.16. The number of aromatic amines is 1. The summed E-state index contributed by atoms with van der Waals surface area (Å²) in [7, 11) is 0. The van der Waals surface area contributed by atoms with E-state index in [-0.39, 0.29) is 11.4 Å². The van der Waals surface area contributed by atoms with E-state index in [1.54, 1.807) is 16.6 Å². The molecule has 0 atom stereocenters. The zero-order chi connectivity index (χ0) is 14.4. The maximum Gasteiger partial charge on any atom is 0.251 e. The zero-order valence-corrected chi connectivity index (χ0v) is 11.4. The highest BCUT2D eigenvalue weighted by atomic mass is 19.1. The summed E-state index contributed by atoms with van der Waals surface area (Å²) in [5.74, 6) is -0.0214. The molecule has 1 saturated heterocycles. The lowest BCUT2D eigenvalue weighted by Crippen LogP contribution is -2.28. The number of H-pyrrole nitrogens is 1. The van der Waals surface area contributed by atoms with Gasteiger partial charge in [-0.15, -0.1) is 0 Å². The van der Waals surface area contributed by atoms with Crippen molar-refractivity contribution in [2.24, 2.45) is 0 Å². The summed E-state index contributed by atoms with van der Waals surface area (Å²) in [5, 5.41) is 8.56. The number of benzene rings is 1. The first-order chi connectivity index (χ1) is 10.2. The van der Waals surface area contributed by atoms with Crippen molar-refractivity contribution in [3.8, 4) is 0 Å². The highest BCUT2D eigenvalue weighted by molar-refractivity contribution is 5.92. The van der Waals surface area contributed by atoms with Crippen LogP contribution in [-0.4, -0.2) is 27.7 Å². The van der Waals surface area contributed by atoms with Gasteiger partial charge in [-0.1, -0.05) is 0 Å². The predicted octanol–water partition coefficient (Wildman–Crippen LogP) is 1.78. The van der Waals surface area contributed by atoms with Gasteiger partial charge in [0.1, 0.15) is 11.5 Å². The van der Waals surface area contributed by atoms with Crippen LogP contribution in [0.1, 0.15) is 24.5 Å². The summed E-state index contributed by atoms with van der Waals surface area (Å²) >= 11 is 0. The Kier molecular flexibility index (Phi) is 2.78. The maximum atomic E-state index is 13.4. The van der Waals surface area contributed by atoms with E-state index in [0.717, 1.165) is 37.0 Å². The van der Waals surface area contributed by atoms with Crippen LogP contribution in [0, 0.1) is 5.82 Å². The van der Waals surface area contributed by atoms with E-state index in [1.807, 2.05) is 0 Å². The van der Waals surface area contributed by atoms with Gasteiger partial charge in [-0.3, -0.25) is 4.79 Å². The predicted molar refractivity (Wildman–Crippen MR) is 78.1 cm³/mol. The lowest BCUT2D eigenvalue weighted by Gasteiger charge is -2.23. The Bertz CT molecular complexity index is 876. The second-order valence-corrected chi connectivity index (χ2v) is 5.50. The van der Waals surface area contributed by atoms with Crippen LogP contribution >= 0.6 is 0 Å². The molecule has 0 radical (unpaired) electrons. The Labute approximate surface area is 119 Å². The number of aromatic nitrogens is 3. The summed E-state index contributed by atoms with van der Waals surface area (Å²) in [6, 6.07) is 6.06. The molecule has 3 heterocycles. The van der Waals surface area contributed by atoms with Gasteiger partial charge in [-0.25, -0.2) is 8.91 Å². The average molecular weight is 286 g/mol. The Balaban J connectivity index is 2.01. The molecule has 0 aliphatic carbocycles. The van der Waals surface area contributed by atoms with Gasteiger partial charge in [-0.05, 0) is 38.1 Å². The summed E-state index contributed by atoms with van der Waals surface area (Å²) in [6.45, 7) is 1.88. The van der Waals surface area contributed by atoms with Crippen LogP contribution in [0.15, 0.2) is 29.1 Å². The van der Waals surface area contributed by atoms with Gasteiger partial charge >= 0.3 is 0 Å². The molecule has 0 saturated carbocycles. The number of nitrogens with zero attached hydrogens (tertiary/aromatic N) is 2. The largest absolute Gasteiger partial charge is 0.317 e. The molecule has 1 aliphatic rings. The maximum absolute atomic E-state index is 13.4. The second kappa shape index (κ2) is 4.66. The zero-order valence-electron chi connectivity index (χ0n) is 11.4. The molecule has 0 unspecified atom stereocenters. The monoisotopic (exact) mass is 286 g/mol. The molecule has 0 bridgehead atoms. The van der Waals surface area contributed by atoms with Crippen LogP contribution in [0.4, 0.5) is 4.39 Å². The third kappa shape index (κ3) is 2.03. The van der Waals surface area contributed by atoms with Crippen molar-refractivity contribution in [2.75, 3.05) is 13.1 Å². The molecule has 0 spiro atoms. The summed E-state index contributed by atoms with van der Waals surface area (Å²) in [6.07, 6.45) is 1.95. The molecule has 21 heavy (non-hydrogen) atoms. The SMILES string of the molecule is O=c1cc(C2CCNCC2)n2nc3cc(F)ccc3c2[nH]1. The minimum Gasteiger partial charge on any atom is -0.317 e. The summed E-state index contributed by atoms with van der Waals surface area (Å²) in [5.41, 5.74) is 1.98.